The van der Waals surface area contributed by atoms with Crippen LogP contribution in [0.5, 0.6) is 0 Å². The molecule has 11 heteroatoms. The highest BCUT2D eigenvalue weighted by Gasteiger charge is 2.24. The van der Waals surface area contributed by atoms with E-state index in [1.807, 2.05) is 4.98 Å². The fourth-order valence-electron chi connectivity index (χ4n) is 2.55. The minimum Gasteiger partial charge on any atom is -0.467 e. The van der Waals surface area contributed by atoms with Gasteiger partial charge in [-0.05, 0) is 31.2 Å². The van der Waals surface area contributed by atoms with E-state index < -0.39 is 32.1 Å². The van der Waals surface area contributed by atoms with Crippen LogP contribution in [-0.4, -0.2) is 24.3 Å². The second-order valence-electron chi connectivity index (χ2n) is 5.78. The molecule has 1 amide bonds. The lowest BCUT2D eigenvalue weighted by Crippen LogP contribution is -2.32. The Morgan fingerprint density at radius 2 is 1.86 bits per heavy atom. The third kappa shape index (κ3) is 4.04. The molecule has 0 fully saturated rings. The van der Waals surface area contributed by atoms with Crippen LogP contribution in [0.3, 0.4) is 0 Å². The molecule has 0 aliphatic carbocycles. The molecular weight excluding hydrogens is 388 g/mol. The molecule has 4 N–H and O–H groups in total. The highest BCUT2D eigenvalue weighted by molar-refractivity contribution is 7.92. The molecule has 28 heavy (non-hydrogen) atoms. The molecule has 0 aliphatic rings. The average molecular weight is 404 g/mol. The molecule has 2 aromatic heterocycles. The Morgan fingerprint density at radius 3 is 2.54 bits per heavy atom. The van der Waals surface area contributed by atoms with Crippen LogP contribution in [0.25, 0.3) is 0 Å². The molecule has 3 rings (SSSR count). The van der Waals surface area contributed by atoms with Gasteiger partial charge < -0.3 is 14.7 Å². The third-order valence-corrected chi connectivity index (χ3v) is 5.28. The zero-order chi connectivity index (χ0) is 20.3. The van der Waals surface area contributed by atoms with Crippen LogP contribution in [0.2, 0.25) is 0 Å². The number of sulfonamides is 1. The number of nitrogens with one attached hydrogen (secondary N) is 4. The summed E-state index contributed by atoms with van der Waals surface area (Å²) in [5.74, 6) is -0.0105. The van der Waals surface area contributed by atoms with E-state index in [1.165, 1.54) is 31.4 Å². The van der Waals surface area contributed by atoms with Crippen molar-refractivity contribution in [3.8, 4) is 0 Å². The summed E-state index contributed by atoms with van der Waals surface area (Å²) in [6, 6.07) is 9.27. The number of benzene rings is 1. The van der Waals surface area contributed by atoms with Gasteiger partial charge in [0.15, 0.2) is 4.90 Å². The molecule has 0 atom stereocenters. The second kappa shape index (κ2) is 7.56. The van der Waals surface area contributed by atoms with Crippen molar-refractivity contribution in [2.75, 3.05) is 4.72 Å². The van der Waals surface area contributed by atoms with Crippen LogP contribution in [0.15, 0.2) is 61.6 Å². The zero-order valence-corrected chi connectivity index (χ0v) is 15.4. The number of carbonyl (C=O) groups is 1. The van der Waals surface area contributed by atoms with E-state index in [0.29, 0.717) is 5.76 Å². The van der Waals surface area contributed by atoms with Gasteiger partial charge in [0, 0.05) is 5.69 Å². The number of aromatic nitrogens is 2. The highest BCUT2D eigenvalue weighted by Crippen LogP contribution is 2.19. The van der Waals surface area contributed by atoms with Gasteiger partial charge in [0.05, 0.1) is 24.1 Å². The van der Waals surface area contributed by atoms with Crippen molar-refractivity contribution < 1.29 is 17.6 Å². The van der Waals surface area contributed by atoms with E-state index in [1.54, 1.807) is 18.2 Å². The first kappa shape index (κ1) is 19.2. The van der Waals surface area contributed by atoms with Crippen molar-refractivity contribution in [2.45, 2.75) is 18.4 Å². The Morgan fingerprint density at radius 1 is 1.11 bits per heavy atom. The molecular formula is C17H16N4O6S. The summed E-state index contributed by atoms with van der Waals surface area (Å²) in [6.45, 7) is 1.40. The molecule has 0 bridgehead atoms. The lowest BCUT2D eigenvalue weighted by molar-refractivity contribution is 0.0949. The summed E-state index contributed by atoms with van der Waals surface area (Å²) in [7, 11) is -4.37. The number of aryl methyl sites for hydroxylation is 1. The minimum atomic E-state index is -4.37. The summed E-state index contributed by atoms with van der Waals surface area (Å²) in [6.07, 6.45) is 1.47. The topological polar surface area (TPSA) is 154 Å². The molecule has 0 saturated carbocycles. The Hall–Kier alpha value is -3.60. The maximum atomic E-state index is 12.7. The molecule has 1 aromatic carbocycles. The van der Waals surface area contributed by atoms with E-state index in [0.717, 1.165) is 0 Å². The van der Waals surface area contributed by atoms with Gasteiger partial charge in [-0.25, -0.2) is 13.2 Å². The summed E-state index contributed by atoms with van der Waals surface area (Å²) in [5, 5.41) is 2.61. The number of hydrogen-bond acceptors (Lipinski definition) is 6. The first-order valence-electron chi connectivity index (χ1n) is 8.03. The van der Waals surface area contributed by atoms with E-state index in [4.69, 9.17) is 4.42 Å². The summed E-state index contributed by atoms with van der Waals surface area (Å²) in [5.41, 5.74) is -1.98. The van der Waals surface area contributed by atoms with Crippen LogP contribution in [0, 0.1) is 6.92 Å². The van der Waals surface area contributed by atoms with Gasteiger partial charge in [-0.3, -0.25) is 19.3 Å². The molecule has 0 radical (unpaired) electrons. The average Bonchev–Trinajstić information content (AvgIpc) is 3.12. The lowest BCUT2D eigenvalue weighted by atomic mass is 10.1. The highest BCUT2D eigenvalue weighted by atomic mass is 32.2. The van der Waals surface area contributed by atoms with E-state index in [9.17, 15) is 22.8 Å². The van der Waals surface area contributed by atoms with Crippen molar-refractivity contribution in [3.63, 3.8) is 0 Å². The first-order chi connectivity index (χ1) is 13.3. The number of anilines is 1. The molecule has 0 aliphatic heterocycles. The van der Waals surface area contributed by atoms with Gasteiger partial charge in [0.1, 0.15) is 5.76 Å². The van der Waals surface area contributed by atoms with Crippen LogP contribution in [-0.2, 0) is 16.6 Å². The number of amides is 1. The van der Waals surface area contributed by atoms with Crippen LogP contribution < -0.4 is 21.3 Å². The predicted molar refractivity (Wildman–Crippen MR) is 99.5 cm³/mol. The number of furan rings is 1. The Bertz CT molecular complexity index is 1230. The van der Waals surface area contributed by atoms with Gasteiger partial charge >= 0.3 is 5.69 Å². The van der Waals surface area contributed by atoms with E-state index in [-0.39, 0.29) is 23.5 Å². The molecule has 0 unspecified atom stereocenters. The number of para-hydroxylation sites is 1. The molecule has 0 saturated heterocycles. The summed E-state index contributed by atoms with van der Waals surface area (Å²) >= 11 is 0. The van der Waals surface area contributed by atoms with Crippen molar-refractivity contribution in [1.29, 1.82) is 0 Å². The second-order valence-corrected chi connectivity index (χ2v) is 7.39. The summed E-state index contributed by atoms with van der Waals surface area (Å²) < 4.78 is 32.7. The Labute approximate surface area is 158 Å². The number of carbonyl (C=O) groups excluding carboxylic acids is 1. The largest absolute Gasteiger partial charge is 0.467 e. The SMILES string of the molecule is Cc1[nH]c(=O)[nH]c(=O)c1S(=O)(=O)Nc1ccccc1C(=O)NCc1ccco1. The molecule has 2 heterocycles. The van der Waals surface area contributed by atoms with Gasteiger partial charge in [0.25, 0.3) is 21.5 Å². The van der Waals surface area contributed by atoms with Gasteiger partial charge in [-0.2, -0.15) is 0 Å². The number of H-pyrrole nitrogens is 2. The Balaban J connectivity index is 1.90. The minimum absolute atomic E-state index is 0.0237. The Kier molecular flexibility index (Phi) is 5.18. The smallest absolute Gasteiger partial charge is 0.325 e. The molecule has 0 spiro atoms. The van der Waals surface area contributed by atoms with Crippen molar-refractivity contribution in [3.05, 3.63) is 80.5 Å². The maximum absolute atomic E-state index is 12.7. The molecule has 146 valence electrons. The van der Waals surface area contributed by atoms with Gasteiger partial charge in [0.2, 0.25) is 0 Å². The van der Waals surface area contributed by atoms with E-state index >= 15 is 0 Å². The van der Waals surface area contributed by atoms with Gasteiger partial charge in [-0.15, -0.1) is 0 Å². The van der Waals surface area contributed by atoms with Crippen LogP contribution >= 0.6 is 0 Å². The number of rotatable bonds is 6. The monoisotopic (exact) mass is 404 g/mol. The quantitative estimate of drug-likeness (QED) is 0.474. The standard InChI is InChI=1S/C17H16N4O6S/c1-10-14(16(23)20-17(24)19-10)28(25,26)21-13-7-3-2-6-12(13)15(22)18-9-11-5-4-8-27-11/h2-8,21H,9H2,1H3,(H,18,22)(H2,19,20,23,24). The zero-order valence-electron chi connectivity index (χ0n) is 14.6. The lowest BCUT2D eigenvalue weighted by Gasteiger charge is -2.13. The fourth-order valence-corrected chi connectivity index (χ4v) is 3.87. The number of hydrogen-bond donors (Lipinski definition) is 4. The molecule has 3 aromatic rings. The summed E-state index contributed by atoms with van der Waals surface area (Å²) in [4.78, 5) is 39.2. The van der Waals surface area contributed by atoms with Gasteiger partial charge in [-0.1, -0.05) is 12.1 Å². The van der Waals surface area contributed by atoms with Crippen molar-refractivity contribution >= 4 is 21.6 Å². The van der Waals surface area contributed by atoms with Crippen LogP contribution in [0.1, 0.15) is 21.8 Å². The fraction of sp³-hybridized carbons (Fsp3) is 0.118. The van der Waals surface area contributed by atoms with E-state index in [2.05, 4.69) is 15.0 Å². The van der Waals surface area contributed by atoms with Crippen LogP contribution in [0.4, 0.5) is 5.69 Å². The predicted octanol–water partition coefficient (Wildman–Crippen LogP) is 0.695. The maximum Gasteiger partial charge on any atom is 0.325 e. The number of aromatic amines is 2. The molecule has 10 nitrogen and oxygen atoms in total. The van der Waals surface area contributed by atoms with Crippen molar-refractivity contribution in [2.24, 2.45) is 0 Å². The normalized spacial score (nSPS) is 11.2. The first-order valence-corrected chi connectivity index (χ1v) is 9.52. The third-order valence-electron chi connectivity index (χ3n) is 3.76. The van der Waals surface area contributed by atoms with Crippen molar-refractivity contribution in [1.82, 2.24) is 15.3 Å².